The summed E-state index contributed by atoms with van der Waals surface area (Å²) in [5.41, 5.74) is 12.1. The smallest absolute Gasteiger partial charge is 0.245 e. The van der Waals surface area contributed by atoms with E-state index >= 15 is 0 Å². The fourth-order valence-corrected chi connectivity index (χ4v) is 2.06. The predicted molar refractivity (Wildman–Crippen MR) is 65.2 cm³/mol. The summed E-state index contributed by atoms with van der Waals surface area (Å²) in [5.74, 6) is 1.74. The molecule has 0 saturated carbocycles. The Bertz CT molecular complexity index is 325. The van der Waals surface area contributed by atoms with Crippen LogP contribution in [-0.2, 0) is 0 Å². The van der Waals surface area contributed by atoms with E-state index in [0.29, 0.717) is 4.48 Å². The maximum Gasteiger partial charge on any atom is 0.245 e. The van der Waals surface area contributed by atoms with Gasteiger partial charge in [0, 0.05) is 13.1 Å². The van der Waals surface area contributed by atoms with Crippen LogP contribution in [0.15, 0.2) is 16.9 Å². The maximum atomic E-state index is 6.05. The van der Waals surface area contributed by atoms with E-state index in [1.165, 1.54) is 19.3 Å². The van der Waals surface area contributed by atoms with Crippen LogP contribution in [0, 0.1) is 0 Å². The van der Waals surface area contributed by atoms with Crippen molar-refractivity contribution in [1.29, 1.82) is 0 Å². The average molecular weight is 224 g/mol. The molecule has 90 valence electrons. The van der Waals surface area contributed by atoms with Gasteiger partial charge in [-0.15, -0.1) is 0 Å². The molecule has 0 aromatic rings. The predicted octanol–water partition coefficient (Wildman–Crippen LogP) is 0.00320. The van der Waals surface area contributed by atoms with Crippen LogP contribution in [0.4, 0.5) is 0 Å². The van der Waals surface area contributed by atoms with Gasteiger partial charge in [0.15, 0.2) is 0 Å². The van der Waals surface area contributed by atoms with E-state index in [4.69, 9.17) is 11.5 Å². The van der Waals surface area contributed by atoms with Crippen LogP contribution in [0.5, 0.6) is 0 Å². The topological polar surface area (TPSA) is 67.6 Å². The van der Waals surface area contributed by atoms with Crippen molar-refractivity contribution in [3.05, 3.63) is 11.9 Å². The van der Waals surface area contributed by atoms with Gasteiger partial charge in [0.05, 0.1) is 20.2 Å². The molecular formula is C11H22N5+. The second kappa shape index (κ2) is 4.07. The summed E-state index contributed by atoms with van der Waals surface area (Å²) in [5, 5.41) is 0. The number of piperidine rings is 1. The molecule has 0 aliphatic carbocycles. The van der Waals surface area contributed by atoms with Crippen molar-refractivity contribution in [2.45, 2.75) is 25.6 Å². The maximum absolute atomic E-state index is 6.05. The minimum Gasteiger partial charge on any atom is -0.356 e. The first-order valence-electron chi connectivity index (χ1n) is 5.91. The van der Waals surface area contributed by atoms with Crippen molar-refractivity contribution >= 4 is 5.84 Å². The first kappa shape index (κ1) is 11.4. The van der Waals surface area contributed by atoms with Gasteiger partial charge in [0.25, 0.3) is 0 Å². The number of rotatable bonds is 0. The highest BCUT2D eigenvalue weighted by molar-refractivity contribution is 5.93. The number of quaternary nitrogens is 1. The molecule has 2 aliphatic rings. The lowest BCUT2D eigenvalue weighted by molar-refractivity contribution is -0.879. The zero-order valence-electron chi connectivity index (χ0n) is 10.2. The molecule has 1 unspecified atom stereocenters. The van der Waals surface area contributed by atoms with Crippen molar-refractivity contribution in [2.75, 3.05) is 27.2 Å². The summed E-state index contributed by atoms with van der Waals surface area (Å²) in [7, 11) is 3.96. The van der Waals surface area contributed by atoms with Gasteiger partial charge in [-0.05, 0) is 19.3 Å². The fourth-order valence-electron chi connectivity index (χ4n) is 2.06. The van der Waals surface area contributed by atoms with Gasteiger partial charge in [-0.2, -0.15) is 4.99 Å². The third kappa shape index (κ3) is 1.92. The van der Waals surface area contributed by atoms with Gasteiger partial charge in [0.2, 0.25) is 12.1 Å². The van der Waals surface area contributed by atoms with Crippen LogP contribution >= 0.6 is 0 Å². The highest BCUT2D eigenvalue weighted by atomic mass is 15.5. The van der Waals surface area contributed by atoms with Gasteiger partial charge >= 0.3 is 0 Å². The van der Waals surface area contributed by atoms with Crippen LogP contribution in [-0.4, -0.2) is 48.7 Å². The van der Waals surface area contributed by atoms with E-state index in [1.54, 1.807) is 0 Å². The number of aliphatic imine (C=N–C) groups is 1. The van der Waals surface area contributed by atoms with Gasteiger partial charge in [-0.25, -0.2) is 4.48 Å². The molecule has 4 N–H and O–H groups in total. The first-order valence-corrected chi connectivity index (χ1v) is 5.91. The second-order valence-corrected chi connectivity index (χ2v) is 5.06. The van der Waals surface area contributed by atoms with Crippen LogP contribution in [0.1, 0.15) is 19.3 Å². The molecule has 1 atom stereocenters. The molecule has 0 amide bonds. The third-order valence-corrected chi connectivity index (χ3v) is 3.55. The Morgan fingerprint density at radius 3 is 2.50 bits per heavy atom. The van der Waals surface area contributed by atoms with Gasteiger partial charge in [0.1, 0.15) is 5.84 Å². The molecule has 0 aromatic carbocycles. The quantitative estimate of drug-likeness (QED) is 0.569. The van der Waals surface area contributed by atoms with Crippen molar-refractivity contribution < 1.29 is 4.48 Å². The monoisotopic (exact) mass is 224 g/mol. The van der Waals surface area contributed by atoms with Gasteiger partial charge in [-0.1, -0.05) is 0 Å². The molecule has 16 heavy (non-hydrogen) atoms. The Hall–Kier alpha value is -1.07. The molecule has 2 rings (SSSR count). The zero-order valence-corrected chi connectivity index (χ0v) is 10.2. The molecule has 5 heteroatoms. The molecule has 5 nitrogen and oxygen atoms in total. The number of nitrogens with two attached hydrogens (primary N) is 2. The summed E-state index contributed by atoms with van der Waals surface area (Å²) in [6.45, 7) is 2.14. The summed E-state index contributed by atoms with van der Waals surface area (Å²) < 4.78 is 0.442. The van der Waals surface area contributed by atoms with Crippen LogP contribution in [0.3, 0.4) is 0 Å². The van der Waals surface area contributed by atoms with E-state index in [2.05, 4.69) is 9.89 Å². The standard InChI is InChI=1S/C11H22N5/c1-16(2)9(12)8-10(14-11(16)13)15-6-4-3-5-7-15/h8,11H,3-7,12-13H2,1-2H3/q+1. The Labute approximate surface area is 97.0 Å². The molecule has 2 aliphatic heterocycles. The molecule has 0 radical (unpaired) electrons. The normalized spacial score (nSPS) is 29.7. The van der Waals surface area contributed by atoms with Crippen LogP contribution in [0.2, 0.25) is 0 Å². The van der Waals surface area contributed by atoms with E-state index in [0.717, 1.165) is 24.7 Å². The van der Waals surface area contributed by atoms with Crippen LogP contribution in [0.25, 0.3) is 0 Å². The van der Waals surface area contributed by atoms with Gasteiger partial charge in [-0.3, -0.25) is 5.73 Å². The fraction of sp³-hybridized carbons (Fsp3) is 0.727. The Kier molecular flexibility index (Phi) is 2.90. The Morgan fingerprint density at radius 2 is 1.94 bits per heavy atom. The van der Waals surface area contributed by atoms with Crippen molar-refractivity contribution in [2.24, 2.45) is 16.5 Å². The lowest BCUT2D eigenvalue weighted by Crippen LogP contribution is -2.57. The molecule has 0 spiro atoms. The number of likely N-dealkylation sites (tertiary alicyclic amines) is 1. The molecule has 2 heterocycles. The van der Waals surface area contributed by atoms with E-state index in [1.807, 2.05) is 20.2 Å². The average Bonchev–Trinajstić information content (AvgIpc) is 2.27. The lowest BCUT2D eigenvalue weighted by Gasteiger charge is -2.38. The summed E-state index contributed by atoms with van der Waals surface area (Å²) in [4.78, 5) is 6.83. The highest BCUT2D eigenvalue weighted by Gasteiger charge is 2.33. The van der Waals surface area contributed by atoms with Crippen molar-refractivity contribution in [3.8, 4) is 0 Å². The molecule has 0 aromatic heterocycles. The summed E-state index contributed by atoms with van der Waals surface area (Å²) in [6.07, 6.45) is 5.47. The van der Waals surface area contributed by atoms with E-state index in [-0.39, 0.29) is 6.29 Å². The minimum absolute atomic E-state index is 0.290. The number of hydrogen-bond acceptors (Lipinski definition) is 4. The Morgan fingerprint density at radius 1 is 1.31 bits per heavy atom. The largest absolute Gasteiger partial charge is 0.356 e. The number of nitrogens with zero attached hydrogens (tertiary/aromatic N) is 3. The second-order valence-electron chi connectivity index (χ2n) is 5.06. The highest BCUT2D eigenvalue weighted by Crippen LogP contribution is 2.19. The lowest BCUT2D eigenvalue weighted by atomic mass is 10.1. The molecule has 0 bridgehead atoms. The Balaban J connectivity index is 2.18. The summed E-state index contributed by atoms with van der Waals surface area (Å²) in [6, 6.07) is 0. The molecule has 1 saturated heterocycles. The van der Waals surface area contributed by atoms with Crippen molar-refractivity contribution in [1.82, 2.24) is 4.90 Å². The number of amidine groups is 1. The van der Waals surface area contributed by atoms with Gasteiger partial charge < -0.3 is 10.6 Å². The number of hydrogen-bond donors (Lipinski definition) is 2. The first-order chi connectivity index (χ1) is 7.51. The molecule has 1 fully saturated rings. The van der Waals surface area contributed by atoms with E-state index in [9.17, 15) is 0 Å². The van der Waals surface area contributed by atoms with Crippen molar-refractivity contribution in [3.63, 3.8) is 0 Å². The van der Waals surface area contributed by atoms with E-state index < -0.39 is 0 Å². The summed E-state index contributed by atoms with van der Waals surface area (Å²) >= 11 is 0. The van der Waals surface area contributed by atoms with Crippen LogP contribution < -0.4 is 11.5 Å². The minimum atomic E-state index is -0.290. The zero-order chi connectivity index (χ0) is 11.8. The SMILES string of the molecule is C[N+]1(C)C(N)=CC(N2CCCCC2)=NC1N. The third-order valence-electron chi connectivity index (χ3n) is 3.55. The molecular weight excluding hydrogens is 202 g/mol.